The zero-order chi connectivity index (χ0) is 8.55. The summed E-state index contributed by atoms with van der Waals surface area (Å²) in [7, 11) is 0. The first kappa shape index (κ1) is 8.05. The van der Waals surface area contributed by atoms with Gasteiger partial charge in [-0.25, -0.2) is 0 Å². The number of carbonyl (C=O) groups is 1. The van der Waals surface area contributed by atoms with Crippen LogP contribution in [0.25, 0.3) is 0 Å². The first-order chi connectivity index (χ1) is 5.84. The molecule has 1 N–H and O–H groups in total. The number of ether oxygens (including phenoxy) is 1. The largest absolute Gasteiger partial charge is 0.377 e. The van der Waals surface area contributed by atoms with Crippen molar-refractivity contribution < 1.29 is 9.53 Å². The number of hydrogen-bond acceptors (Lipinski definition) is 2. The van der Waals surface area contributed by atoms with Crippen molar-refractivity contribution in [2.75, 3.05) is 13.2 Å². The van der Waals surface area contributed by atoms with Gasteiger partial charge in [-0.15, -0.1) is 0 Å². The normalized spacial score (nSPS) is 37.6. The lowest BCUT2D eigenvalue weighted by Crippen LogP contribution is -2.28. The Hall–Kier alpha value is -0.570. The molecule has 3 heteroatoms. The minimum atomic E-state index is 0.185. The van der Waals surface area contributed by atoms with Gasteiger partial charge in [0.05, 0.1) is 12.0 Å². The number of rotatable bonds is 3. The standard InChI is InChI=1S/C9H15NO2/c1-2-4-10-9(11)7-6-3-5-12-8(6)7/h6-8H,2-5H2,1H3,(H,10,11). The van der Waals surface area contributed by atoms with Crippen LogP contribution in [0.1, 0.15) is 19.8 Å². The molecule has 3 unspecified atom stereocenters. The van der Waals surface area contributed by atoms with Gasteiger partial charge in [-0.2, -0.15) is 0 Å². The zero-order valence-corrected chi connectivity index (χ0v) is 7.38. The fraction of sp³-hybridized carbons (Fsp3) is 0.889. The Balaban J connectivity index is 1.76. The van der Waals surface area contributed by atoms with Crippen molar-refractivity contribution in [3.05, 3.63) is 0 Å². The molecule has 0 spiro atoms. The third-order valence-electron chi connectivity index (χ3n) is 2.71. The Labute approximate surface area is 72.5 Å². The molecule has 1 aliphatic heterocycles. The molecule has 12 heavy (non-hydrogen) atoms. The summed E-state index contributed by atoms with van der Waals surface area (Å²) in [5, 5.41) is 2.90. The number of fused-ring (bicyclic) bond motifs is 1. The highest BCUT2D eigenvalue weighted by Crippen LogP contribution is 2.48. The van der Waals surface area contributed by atoms with Crippen LogP contribution >= 0.6 is 0 Å². The van der Waals surface area contributed by atoms with Crippen molar-refractivity contribution in [3.63, 3.8) is 0 Å². The van der Waals surface area contributed by atoms with Crippen molar-refractivity contribution in [1.29, 1.82) is 0 Å². The lowest BCUT2D eigenvalue weighted by Gasteiger charge is -2.04. The molecule has 1 aliphatic carbocycles. The van der Waals surface area contributed by atoms with E-state index in [1.54, 1.807) is 0 Å². The van der Waals surface area contributed by atoms with E-state index >= 15 is 0 Å². The first-order valence-corrected chi connectivity index (χ1v) is 4.74. The van der Waals surface area contributed by atoms with Crippen molar-refractivity contribution in [2.45, 2.75) is 25.9 Å². The van der Waals surface area contributed by atoms with Gasteiger partial charge in [0.1, 0.15) is 0 Å². The van der Waals surface area contributed by atoms with E-state index in [1.165, 1.54) is 0 Å². The summed E-state index contributed by atoms with van der Waals surface area (Å²) >= 11 is 0. The molecule has 0 aromatic heterocycles. The molecular formula is C9H15NO2. The molecule has 0 bridgehead atoms. The summed E-state index contributed by atoms with van der Waals surface area (Å²) in [4.78, 5) is 11.4. The van der Waals surface area contributed by atoms with Crippen LogP contribution in [0, 0.1) is 11.8 Å². The second kappa shape index (κ2) is 3.05. The van der Waals surface area contributed by atoms with Crippen molar-refractivity contribution in [3.8, 4) is 0 Å². The van der Waals surface area contributed by atoms with Crippen LogP contribution in [0.4, 0.5) is 0 Å². The molecule has 2 fully saturated rings. The van der Waals surface area contributed by atoms with E-state index in [0.717, 1.165) is 26.0 Å². The highest BCUT2D eigenvalue weighted by Gasteiger charge is 2.58. The Morgan fingerprint density at radius 3 is 3.08 bits per heavy atom. The summed E-state index contributed by atoms with van der Waals surface area (Å²) in [6.07, 6.45) is 2.35. The van der Waals surface area contributed by atoms with Gasteiger partial charge >= 0.3 is 0 Å². The van der Waals surface area contributed by atoms with Crippen molar-refractivity contribution in [1.82, 2.24) is 5.32 Å². The Morgan fingerprint density at radius 1 is 1.67 bits per heavy atom. The molecule has 1 amide bonds. The lowest BCUT2D eigenvalue weighted by atomic mass is 10.2. The molecular weight excluding hydrogens is 154 g/mol. The predicted molar refractivity (Wildman–Crippen MR) is 44.6 cm³/mol. The fourth-order valence-electron chi connectivity index (χ4n) is 1.96. The van der Waals surface area contributed by atoms with Gasteiger partial charge < -0.3 is 10.1 Å². The van der Waals surface area contributed by atoms with Gasteiger partial charge in [-0.1, -0.05) is 6.92 Å². The van der Waals surface area contributed by atoms with E-state index in [4.69, 9.17) is 4.74 Å². The van der Waals surface area contributed by atoms with E-state index in [9.17, 15) is 4.79 Å². The Bertz CT molecular complexity index is 183. The van der Waals surface area contributed by atoms with Crippen LogP contribution in [0.5, 0.6) is 0 Å². The molecule has 3 atom stereocenters. The summed E-state index contributed by atoms with van der Waals surface area (Å²) in [5.74, 6) is 0.929. The van der Waals surface area contributed by atoms with E-state index in [2.05, 4.69) is 12.2 Å². The molecule has 1 heterocycles. The summed E-state index contributed by atoms with van der Waals surface area (Å²) in [6, 6.07) is 0. The summed E-state index contributed by atoms with van der Waals surface area (Å²) < 4.78 is 5.38. The Kier molecular flexibility index (Phi) is 2.05. The van der Waals surface area contributed by atoms with Crippen LogP contribution in [-0.4, -0.2) is 25.2 Å². The summed E-state index contributed by atoms with van der Waals surface area (Å²) in [5.41, 5.74) is 0. The molecule has 0 aromatic rings. The molecule has 2 rings (SSSR count). The molecule has 2 aliphatic rings. The third kappa shape index (κ3) is 1.22. The van der Waals surface area contributed by atoms with E-state index < -0.39 is 0 Å². The van der Waals surface area contributed by atoms with Gasteiger partial charge in [0.15, 0.2) is 0 Å². The van der Waals surface area contributed by atoms with Gasteiger partial charge in [-0.3, -0.25) is 4.79 Å². The van der Waals surface area contributed by atoms with Gasteiger partial charge in [-0.05, 0) is 12.8 Å². The quantitative estimate of drug-likeness (QED) is 0.670. The fourth-order valence-corrected chi connectivity index (χ4v) is 1.96. The molecule has 0 aromatic carbocycles. The smallest absolute Gasteiger partial charge is 0.226 e. The van der Waals surface area contributed by atoms with Gasteiger partial charge in [0.25, 0.3) is 0 Å². The molecule has 0 radical (unpaired) electrons. The number of hydrogen-bond donors (Lipinski definition) is 1. The van der Waals surface area contributed by atoms with Crippen LogP contribution in [0.2, 0.25) is 0 Å². The molecule has 1 saturated heterocycles. The second-order valence-corrected chi connectivity index (χ2v) is 3.60. The number of carbonyl (C=O) groups excluding carboxylic acids is 1. The minimum Gasteiger partial charge on any atom is -0.377 e. The van der Waals surface area contributed by atoms with Gasteiger partial charge in [0.2, 0.25) is 5.91 Å². The van der Waals surface area contributed by atoms with E-state index in [-0.39, 0.29) is 17.9 Å². The highest BCUT2D eigenvalue weighted by molar-refractivity contribution is 5.82. The average molecular weight is 169 g/mol. The van der Waals surface area contributed by atoms with Crippen molar-refractivity contribution >= 4 is 5.91 Å². The Morgan fingerprint density at radius 2 is 2.50 bits per heavy atom. The van der Waals surface area contributed by atoms with Crippen LogP contribution < -0.4 is 5.32 Å². The first-order valence-electron chi connectivity index (χ1n) is 4.74. The van der Waals surface area contributed by atoms with Gasteiger partial charge in [0, 0.05) is 19.1 Å². The zero-order valence-electron chi connectivity index (χ0n) is 7.38. The minimum absolute atomic E-state index is 0.185. The molecule has 3 nitrogen and oxygen atoms in total. The average Bonchev–Trinajstić information content (AvgIpc) is 2.56. The topological polar surface area (TPSA) is 38.3 Å². The maximum atomic E-state index is 11.4. The second-order valence-electron chi connectivity index (χ2n) is 3.60. The number of amides is 1. The maximum absolute atomic E-state index is 11.4. The predicted octanol–water partition coefficient (Wildman–Crippen LogP) is 0.547. The maximum Gasteiger partial charge on any atom is 0.226 e. The van der Waals surface area contributed by atoms with Crippen LogP contribution in [0.3, 0.4) is 0 Å². The summed E-state index contributed by atoms with van der Waals surface area (Å²) in [6.45, 7) is 3.71. The van der Waals surface area contributed by atoms with Crippen molar-refractivity contribution in [2.24, 2.45) is 11.8 Å². The van der Waals surface area contributed by atoms with Crippen LogP contribution in [-0.2, 0) is 9.53 Å². The molecule has 1 saturated carbocycles. The highest BCUT2D eigenvalue weighted by atomic mass is 16.5. The monoisotopic (exact) mass is 169 g/mol. The molecule has 68 valence electrons. The SMILES string of the molecule is CCCNC(=O)C1C2CCOC21. The van der Waals surface area contributed by atoms with Crippen LogP contribution in [0.15, 0.2) is 0 Å². The third-order valence-corrected chi connectivity index (χ3v) is 2.71. The van der Waals surface area contributed by atoms with E-state index in [0.29, 0.717) is 5.92 Å². The lowest BCUT2D eigenvalue weighted by molar-refractivity contribution is -0.123. The number of nitrogens with one attached hydrogen (secondary N) is 1. The van der Waals surface area contributed by atoms with E-state index in [1.807, 2.05) is 0 Å².